The van der Waals surface area contributed by atoms with E-state index in [1.165, 1.54) is 0 Å². The van der Waals surface area contributed by atoms with Gasteiger partial charge in [-0.05, 0) is 12.1 Å². The van der Waals surface area contributed by atoms with Gasteiger partial charge >= 0.3 is 11.7 Å². The lowest BCUT2D eigenvalue weighted by Crippen LogP contribution is -2.10. The monoisotopic (exact) mass is 283 g/mol. The number of hydrogen-bond donors (Lipinski definition) is 2. The number of aromatic nitrogens is 2. The number of nitrogens with zero attached hydrogens (tertiary/aromatic N) is 3. The van der Waals surface area contributed by atoms with E-state index in [2.05, 4.69) is 14.9 Å². The number of pyridine rings is 1. The van der Waals surface area contributed by atoms with Gasteiger partial charge in [0.15, 0.2) is 4.98 Å². The predicted molar refractivity (Wildman–Crippen MR) is 75.7 cm³/mol. The number of esters is 1. The van der Waals surface area contributed by atoms with Crippen molar-refractivity contribution in [3.63, 3.8) is 0 Å². The molecule has 0 aliphatic carbocycles. The molecule has 0 bridgehead atoms. The van der Waals surface area contributed by atoms with Crippen LogP contribution in [0.15, 0.2) is 30.5 Å². The van der Waals surface area contributed by atoms with Crippen LogP contribution in [-0.2, 0) is 4.74 Å². The molecule has 2 heterocycles. The second-order valence-electron chi connectivity index (χ2n) is 4.43. The fraction of sp³-hybridized carbons (Fsp3) is 0.143. The van der Waals surface area contributed by atoms with Crippen LogP contribution in [0.1, 0.15) is 10.5 Å². The Balaban J connectivity index is 2.13. The maximum atomic E-state index is 11.8. The number of carbonyl (C=O) groups excluding carboxylic acids is 1. The number of aliphatic hydroxyl groups excluding tert-OH is 1. The van der Waals surface area contributed by atoms with Crippen molar-refractivity contribution in [3.05, 3.63) is 41.1 Å². The Kier molecular flexibility index (Phi) is 3.22. The zero-order valence-electron chi connectivity index (χ0n) is 10.9. The van der Waals surface area contributed by atoms with E-state index in [0.29, 0.717) is 5.69 Å². The van der Waals surface area contributed by atoms with E-state index in [4.69, 9.17) is 15.2 Å². The molecule has 0 saturated carbocycles. The first-order valence-corrected chi connectivity index (χ1v) is 6.27. The highest BCUT2D eigenvalue weighted by Gasteiger charge is 2.14. The van der Waals surface area contributed by atoms with Crippen LogP contribution < -0.4 is 0 Å². The molecule has 0 unspecified atom stereocenters. The molecule has 104 valence electrons. The molecule has 0 aliphatic rings. The van der Waals surface area contributed by atoms with Gasteiger partial charge in [-0.15, -0.1) is 0 Å². The summed E-state index contributed by atoms with van der Waals surface area (Å²) >= 11 is 0. The van der Waals surface area contributed by atoms with Crippen molar-refractivity contribution in [2.45, 2.75) is 0 Å². The summed E-state index contributed by atoms with van der Waals surface area (Å²) < 4.78 is 4.84. The van der Waals surface area contributed by atoms with Crippen LogP contribution >= 0.6 is 0 Å². The van der Waals surface area contributed by atoms with Gasteiger partial charge in [0.2, 0.25) is 5.39 Å². The maximum absolute atomic E-state index is 11.8. The molecule has 0 fully saturated rings. The fourth-order valence-corrected chi connectivity index (χ4v) is 2.17. The second-order valence-corrected chi connectivity index (χ2v) is 4.43. The normalized spacial score (nSPS) is 10.7. The number of nitrogens with one attached hydrogen (secondary N) is 1. The quantitative estimate of drug-likeness (QED) is 0.567. The second kappa shape index (κ2) is 5.19. The van der Waals surface area contributed by atoms with E-state index in [1.807, 2.05) is 0 Å². The molecule has 0 aliphatic heterocycles. The third kappa shape index (κ3) is 2.28. The van der Waals surface area contributed by atoms with Gasteiger partial charge in [0.25, 0.3) is 0 Å². The highest BCUT2D eigenvalue weighted by atomic mass is 16.5. The Morgan fingerprint density at radius 3 is 2.90 bits per heavy atom. The number of diazo groups is 1. The molecule has 0 spiro atoms. The molecule has 2 aromatic heterocycles. The first kappa shape index (κ1) is 13.0. The van der Waals surface area contributed by atoms with Crippen LogP contribution in [0, 0.1) is 5.39 Å². The molecule has 2 N–H and O–H groups in total. The van der Waals surface area contributed by atoms with Crippen molar-refractivity contribution in [2.24, 2.45) is 0 Å². The molecule has 7 heteroatoms. The Morgan fingerprint density at radius 1 is 1.33 bits per heavy atom. The number of carbonyl (C=O) groups is 1. The lowest BCUT2D eigenvalue weighted by Gasteiger charge is -2.01. The minimum Gasteiger partial charge on any atom is -0.459 e. The molecule has 21 heavy (non-hydrogen) atoms. The standard InChI is InChI=1S/C14H10N4O3/c15-18-8-1-2-11-9(5-8)10-6-12(14(20)21-4-3-19)16-7-13(10)17-11/h1-2,5-7,19H,3-4H2/p+1. The van der Waals surface area contributed by atoms with Crippen LogP contribution in [0.5, 0.6) is 0 Å². The van der Waals surface area contributed by atoms with Gasteiger partial charge in [-0.1, -0.05) is 0 Å². The Labute approximate surface area is 118 Å². The van der Waals surface area contributed by atoms with Crippen LogP contribution in [-0.4, -0.2) is 34.3 Å². The minimum atomic E-state index is -0.594. The van der Waals surface area contributed by atoms with Crippen molar-refractivity contribution in [2.75, 3.05) is 13.2 Å². The topological polar surface area (TPSA) is 103 Å². The van der Waals surface area contributed by atoms with E-state index in [0.717, 1.165) is 21.8 Å². The highest BCUT2D eigenvalue weighted by Crippen LogP contribution is 2.29. The number of H-pyrrole nitrogens is 1. The van der Waals surface area contributed by atoms with Crippen molar-refractivity contribution in [1.82, 2.24) is 9.97 Å². The molecule has 0 atom stereocenters. The Hall–Kier alpha value is -2.98. The minimum absolute atomic E-state index is 0.0695. The number of aliphatic hydroxyl groups is 1. The largest absolute Gasteiger partial charge is 0.459 e. The van der Waals surface area contributed by atoms with E-state index < -0.39 is 5.97 Å². The number of hydrogen-bond acceptors (Lipinski definition) is 5. The Bertz CT molecular complexity index is 879. The summed E-state index contributed by atoms with van der Waals surface area (Å²) in [6, 6.07) is 6.77. The van der Waals surface area contributed by atoms with E-state index in [-0.39, 0.29) is 18.9 Å². The van der Waals surface area contributed by atoms with Crippen LogP contribution in [0.2, 0.25) is 0 Å². The van der Waals surface area contributed by atoms with Gasteiger partial charge in [0.05, 0.1) is 18.3 Å². The van der Waals surface area contributed by atoms with Crippen molar-refractivity contribution in [3.8, 4) is 0 Å². The van der Waals surface area contributed by atoms with Crippen LogP contribution in [0.4, 0.5) is 5.69 Å². The zero-order valence-corrected chi connectivity index (χ0v) is 10.9. The summed E-state index contributed by atoms with van der Waals surface area (Å²) in [4.78, 5) is 22.1. The smallest absolute Gasteiger partial charge is 0.385 e. The van der Waals surface area contributed by atoms with Gasteiger partial charge in [0.1, 0.15) is 12.3 Å². The van der Waals surface area contributed by atoms with Gasteiger partial charge in [-0.2, -0.15) is 0 Å². The van der Waals surface area contributed by atoms with E-state index >= 15 is 0 Å². The van der Waals surface area contributed by atoms with Crippen LogP contribution in [0.3, 0.4) is 0 Å². The molecule has 1 aromatic carbocycles. The third-order valence-electron chi connectivity index (χ3n) is 3.12. The third-order valence-corrected chi connectivity index (χ3v) is 3.12. The predicted octanol–water partition coefficient (Wildman–Crippen LogP) is 2.35. The summed E-state index contributed by atoms with van der Waals surface area (Å²) in [5.41, 5.74) is 2.19. The molecule has 0 saturated heterocycles. The number of ether oxygens (including phenoxy) is 1. The zero-order chi connectivity index (χ0) is 14.8. The summed E-state index contributed by atoms with van der Waals surface area (Å²) in [6.07, 6.45) is 1.54. The lowest BCUT2D eigenvalue weighted by atomic mass is 10.1. The maximum Gasteiger partial charge on any atom is 0.385 e. The number of rotatable bonds is 3. The molecule has 3 aromatic rings. The Morgan fingerprint density at radius 2 is 2.14 bits per heavy atom. The highest BCUT2D eigenvalue weighted by molar-refractivity contribution is 6.09. The molecule has 0 radical (unpaired) electrons. The first-order chi connectivity index (χ1) is 10.2. The van der Waals surface area contributed by atoms with Crippen molar-refractivity contribution < 1.29 is 14.6 Å². The van der Waals surface area contributed by atoms with E-state index in [9.17, 15) is 4.79 Å². The number of benzene rings is 1. The molecule has 3 rings (SSSR count). The fourth-order valence-electron chi connectivity index (χ4n) is 2.17. The number of fused-ring (bicyclic) bond motifs is 3. The van der Waals surface area contributed by atoms with Crippen molar-refractivity contribution >= 4 is 33.5 Å². The summed E-state index contributed by atoms with van der Waals surface area (Å²) in [6.45, 7) is -0.303. The molecule has 0 amide bonds. The molecular weight excluding hydrogens is 272 g/mol. The SMILES string of the molecule is N#[N+]c1ccc2[nH]c3cnc(C(=O)OCCO)cc3c2c1. The molecule has 7 nitrogen and oxygen atoms in total. The molecular formula is C14H11N4O3+. The van der Waals surface area contributed by atoms with Crippen LogP contribution in [0.25, 0.3) is 26.8 Å². The summed E-state index contributed by atoms with van der Waals surface area (Å²) in [5, 5.41) is 19.1. The summed E-state index contributed by atoms with van der Waals surface area (Å²) in [7, 11) is 0. The van der Waals surface area contributed by atoms with E-state index in [1.54, 1.807) is 30.5 Å². The van der Waals surface area contributed by atoms with Gasteiger partial charge < -0.3 is 14.8 Å². The average molecular weight is 283 g/mol. The lowest BCUT2D eigenvalue weighted by molar-refractivity contribution is 0.0427. The van der Waals surface area contributed by atoms with Gasteiger partial charge in [-0.3, -0.25) is 0 Å². The van der Waals surface area contributed by atoms with Gasteiger partial charge in [0, 0.05) is 28.4 Å². The average Bonchev–Trinajstić information content (AvgIpc) is 2.89. The first-order valence-electron chi connectivity index (χ1n) is 6.27. The van der Waals surface area contributed by atoms with Crippen molar-refractivity contribution in [1.29, 1.82) is 5.39 Å². The van der Waals surface area contributed by atoms with Gasteiger partial charge in [-0.25, -0.2) is 9.78 Å². The number of aromatic amines is 1. The summed E-state index contributed by atoms with van der Waals surface area (Å²) in [5.74, 6) is -0.594.